The third kappa shape index (κ3) is 5.49. The van der Waals surface area contributed by atoms with Gasteiger partial charge in [-0.25, -0.2) is 4.98 Å². The van der Waals surface area contributed by atoms with E-state index >= 15 is 0 Å². The summed E-state index contributed by atoms with van der Waals surface area (Å²) in [6.07, 6.45) is 3.53. The van der Waals surface area contributed by atoms with Gasteiger partial charge in [0.1, 0.15) is 5.82 Å². The first-order valence-corrected chi connectivity index (χ1v) is 10.8. The highest BCUT2D eigenvalue weighted by Crippen LogP contribution is 2.31. The number of carbonyl (C=O) groups is 1. The van der Waals surface area contributed by atoms with Crippen LogP contribution in [0.2, 0.25) is 5.02 Å². The highest BCUT2D eigenvalue weighted by molar-refractivity contribution is 6.33. The first kappa shape index (κ1) is 21.1. The highest BCUT2D eigenvalue weighted by Gasteiger charge is 2.21. The largest absolute Gasteiger partial charge is 0.382 e. The molecule has 1 aromatic carbocycles. The number of ether oxygens (including phenoxy) is 2. The maximum atomic E-state index is 12.5. The van der Waals surface area contributed by atoms with Crippen LogP contribution in [0.3, 0.4) is 0 Å². The molecule has 160 valence electrons. The van der Waals surface area contributed by atoms with Crippen molar-refractivity contribution < 1.29 is 14.3 Å². The van der Waals surface area contributed by atoms with E-state index in [9.17, 15) is 4.79 Å². The van der Waals surface area contributed by atoms with Crippen LogP contribution in [0.4, 0.5) is 11.5 Å². The Morgan fingerprint density at radius 3 is 3.03 bits per heavy atom. The van der Waals surface area contributed by atoms with Crippen molar-refractivity contribution in [3.05, 3.63) is 41.6 Å². The number of rotatable bonds is 6. The molecule has 30 heavy (non-hydrogen) atoms. The molecule has 2 saturated heterocycles. The standard InChI is InChI=1S/C22H27ClN4O3/c23-20-13-26-21(27-22(28)16-4-2-6-24-11-16)10-19(20)15-3-1-5-17(9-15)25-12-18-14-29-7-8-30-18/h1,3,5,9-10,13,16,18,24-25H,2,4,6-8,11-12,14H2,(H,26,27,28). The van der Waals surface area contributed by atoms with Crippen molar-refractivity contribution in [2.24, 2.45) is 5.92 Å². The number of hydrogen-bond donors (Lipinski definition) is 3. The Labute approximate surface area is 181 Å². The Balaban J connectivity index is 1.45. The molecule has 2 unspecified atom stereocenters. The van der Waals surface area contributed by atoms with Crippen LogP contribution < -0.4 is 16.0 Å². The minimum atomic E-state index is -0.0295. The molecule has 0 bridgehead atoms. The van der Waals surface area contributed by atoms with E-state index in [1.165, 1.54) is 0 Å². The van der Waals surface area contributed by atoms with Crippen molar-refractivity contribution in [3.8, 4) is 11.1 Å². The number of anilines is 2. The highest BCUT2D eigenvalue weighted by atomic mass is 35.5. The lowest BCUT2D eigenvalue weighted by molar-refractivity contribution is -0.120. The first-order chi connectivity index (χ1) is 14.7. The molecule has 2 aliphatic rings. The van der Waals surface area contributed by atoms with Crippen molar-refractivity contribution in [3.63, 3.8) is 0 Å². The average molecular weight is 431 g/mol. The number of aromatic nitrogens is 1. The van der Waals surface area contributed by atoms with Gasteiger partial charge in [-0.2, -0.15) is 0 Å². The number of amides is 1. The molecule has 2 aliphatic heterocycles. The number of piperidine rings is 1. The zero-order valence-electron chi connectivity index (χ0n) is 16.8. The van der Waals surface area contributed by atoms with Crippen LogP contribution in [0.15, 0.2) is 36.5 Å². The van der Waals surface area contributed by atoms with Gasteiger partial charge in [0, 0.05) is 30.5 Å². The van der Waals surface area contributed by atoms with E-state index in [2.05, 4.69) is 20.9 Å². The van der Waals surface area contributed by atoms with Gasteiger partial charge in [-0.1, -0.05) is 23.7 Å². The third-order valence-corrected chi connectivity index (χ3v) is 5.67. The van der Waals surface area contributed by atoms with Gasteiger partial charge >= 0.3 is 0 Å². The van der Waals surface area contributed by atoms with Crippen LogP contribution in [-0.2, 0) is 14.3 Å². The number of nitrogens with zero attached hydrogens (tertiary/aromatic N) is 1. The summed E-state index contributed by atoms with van der Waals surface area (Å²) >= 11 is 6.42. The Hall–Kier alpha value is -2.19. The predicted molar refractivity (Wildman–Crippen MR) is 118 cm³/mol. The van der Waals surface area contributed by atoms with Crippen LogP contribution in [0.25, 0.3) is 11.1 Å². The third-order valence-electron chi connectivity index (χ3n) is 5.37. The van der Waals surface area contributed by atoms with Gasteiger partial charge < -0.3 is 25.4 Å². The molecule has 0 radical (unpaired) electrons. The summed E-state index contributed by atoms with van der Waals surface area (Å²) in [7, 11) is 0. The number of halogens is 1. The molecule has 0 aliphatic carbocycles. The topological polar surface area (TPSA) is 84.5 Å². The lowest BCUT2D eigenvalue weighted by Gasteiger charge is -2.23. The smallest absolute Gasteiger partial charge is 0.229 e. The molecule has 7 nitrogen and oxygen atoms in total. The van der Waals surface area contributed by atoms with E-state index in [1.54, 1.807) is 6.20 Å². The lowest BCUT2D eigenvalue weighted by Crippen LogP contribution is -2.37. The Morgan fingerprint density at radius 1 is 1.30 bits per heavy atom. The van der Waals surface area contributed by atoms with E-state index in [0.29, 0.717) is 43.8 Å². The normalized spacial score (nSPS) is 21.8. The molecule has 1 aromatic heterocycles. The second-order valence-corrected chi connectivity index (χ2v) is 8.02. The van der Waals surface area contributed by atoms with E-state index in [4.69, 9.17) is 21.1 Å². The molecular weight excluding hydrogens is 404 g/mol. The van der Waals surface area contributed by atoms with Crippen LogP contribution in [0.5, 0.6) is 0 Å². The fourth-order valence-corrected chi connectivity index (χ4v) is 3.93. The summed E-state index contributed by atoms with van der Waals surface area (Å²) < 4.78 is 11.1. The molecule has 0 spiro atoms. The monoisotopic (exact) mass is 430 g/mol. The first-order valence-electron chi connectivity index (χ1n) is 10.4. The molecule has 3 heterocycles. The van der Waals surface area contributed by atoms with Gasteiger partial charge in [-0.3, -0.25) is 4.79 Å². The second-order valence-electron chi connectivity index (χ2n) is 7.61. The van der Waals surface area contributed by atoms with Crippen molar-refractivity contribution in [1.82, 2.24) is 10.3 Å². The molecular formula is C22H27ClN4O3. The van der Waals surface area contributed by atoms with Gasteiger partial charge in [0.15, 0.2) is 0 Å². The fourth-order valence-electron chi connectivity index (χ4n) is 3.71. The predicted octanol–water partition coefficient (Wildman–Crippen LogP) is 3.17. The summed E-state index contributed by atoms with van der Waals surface area (Å²) in [5.74, 6) is 0.474. The van der Waals surface area contributed by atoms with Gasteiger partial charge in [0.25, 0.3) is 0 Å². The van der Waals surface area contributed by atoms with E-state index in [0.717, 1.165) is 36.2 Å². The van der Waals surface area contributed by atoms with Crippen molar-refractivity contribution in [2.45, 2.75) is 18.9 Å². The Bertz CT molecular complexity index is 867. The van der Waals surface area contributed by atoms with E-state index in [1.807, 2.05) is 30.3 Å². The van der Waals surface area contributed by atoms with E-state index < -0.39 is 0 Å². The Morgan fingerprint density at radius 2 is 2.23 bits per heavy atom. The number of benzene rings is 1. The summed E-state index contributed by atoms with van der Waals surface area (Å²) in [5.41, 5.74) is 2.74. The number of hydrogen-bond acceptors (Lipinski definition) is 6. The fraction of sp³-hybridized carbons (Fsp3) is 0.455. The average Bonchev–Trinajstić information content (AvgIpc) is 2.80. The maximum Gasteiger partial charge on any atom is 0.229 e. The molecule has 8 heteroatoms. The molecule has 2 atom stereocenters. The van der Waals surface area contributed by atoms with Crippen LogP contribution >= 0.6 is 11.6 Å². The molecule has 4 rings (SSSR count). The van der Waals surface area contributed by atoms with Crippen molar-refractivity contribution in [1.29, 1.82) is 0 Å². The summed E-state index contributed by atoms with van der Waals surface area (Å²) in [6, 6.07) is 9.82. The maximum absolute atomic E-state index is 12.5. The van der Waals surface area contributed by atoms with Gasteiger partial charge in [-0.05, 0) is 43.1 Å². The molecule has 1 amide bonds. The number of nitrogens with one attached hydrogen (secondary N) is 3. The van der Waals surface area contributed by atoms with Crippen LogP contribution in [0.1, 0.15) is 12.8 Å². The molecule has 2 fully saturated rings. The van der Waals surface area contributed by atoms with Gasteiger partial charge in [0.2, 0.25) is 5.91 Å². The zero-order chi connectivity index (χ0) is 20.8. The van der Waals surface area contributed by atoms with Gasteiger partial charge in [-0.15, -0.1) is 0 Å². The summed E-state index contributed by atoms with van der Waals surface area (Å²) in [4.78, 5) is 16.8. The van der Waals surface area contributed by atoms with Crippen molar-refractivity contribution >= 4 is 29.0 Å². The number of pyridine rings is 1. The Kier molecular flexibility index (Phi) is 7.17. The van der Waals surface area contributed by atoms with Crippen LogP contribution in [0, 0.1) is 5.92 Å². The minimum Gasteiger partial charge on any atom is -0.382 e. The van der Waals surface area contributed by atoms with Crippen LogP contribution in [-0.4, -0.2) is 56.5 Å². The summed E-state index contributed by atoms with van der Waals surface area (Å²) in [6.45, 7) is 4.23. The van der Waals surface area contributed by atoms with Crippen molar-refractivity contribution in [2.75, 3.05) is 50.1 Å². The minimum absolute atomic E-state index is 0.00640. The number of carbonyl (C=O) groups excluding carboxylic acids is 1. The van der Waals surface area contributed by atoms with E-state index in [-0.39, 0.29) is 17.9 Å². The SMILES string of the molecule is O=C(Nc1cc(-c2cccc(NCC3COCCO3)c2)c(Cl)cn1)C1CCCNC1. The summed E-state index contributed by atoms with van der Waals surface area (Å²) in [5, 5.41) is 10.1. The molecule has 3 N–H and O–H groups in total. The lowest BCUT2D eigenvalue weighted by atomic mass is 9.99. The molecule has 0 saturated carbocycles. The van der Waals surface area contributed by atoms with Gasteiger partial charge in [0.05, 0.1) is 36.9 Å². The molecule has 2 aromatic rings. The quantitative estimate of drug-likeness (QED) is 0.652. The second kappa shape index (κ2) is 10.2. The zero-order valence-corrected chi connectivity index (χ0v) is 17.6.